The second-order valence-corrected chi connectivity index (χ2v) is 7.55. The lowest BCUT2D eigenvalue weighted by atomic mass is 10.1. The summed E-state index contributed by atoms with van der Waals surface area (Å²) in [5, 5.41) is 6.78. The SMILES string of the molecule is Cc1cccc(-c2cc3n(n2)CCCN(C(=O)/C=C/c2cccs2)C3)c1. The number of amides is 1. The van der Waals surface area contributed by atoms with Crippen LogP contribution in [-0.4, -0.2) is 27.1 Å². The van der Waals surface area contributed by atoms with Crippen LogP contribution in [0.1, 0.15) is 22.6 Å². The number of carbonyl (C=O) groups is 1. The maximum absolute atomic E-state index is 12.6. The van der Waals surface area contributed by atoms with Gasteiger partial charge in [-0.05, 0) is 43.0 Å². The van der Waals surface area contributed by atoms with E-state index in [1.807, 2.05) is 33.2 Å². The summed E-state index contributed by atoms with van der Waals surface area (Å²) < 4.78 is 2.05. The minimum atomic E-state index is 0.0603. The van der Waals surface area contributed by atoms with Crippen molar-refractivity contribution in [1.29, 1.82) is 0 Å². The Bertz CT molecular complexity index is 940. The lowest BCUT2D eigenvalue weighted by Gasteiger charge is -2.17. The highest BCUT2D eigenvalue weighted by Crippen LogP contribution is 2.23. The van der Waals surface area contributed by atoms with Crippen LogP contribution in [0.2, 0.25) is 0 Å². The number of nitrogens with zero attached hydrogens (tertiary/aromatic N) is 3. The number of fused-ring (bicyclic) bond motifs is 1. The van der Waals surface area contributed by atoms with Crippen molar-refractivity contribution in [2.45, 2.75) is 26.4 Å². The molecule has 0 saturated carbocycles. The smallest absolute Gasteiger partial charge is 0.246 e. The van der Waals surface area contributed by atoms with Crippen LogP contribution in [0.15, 0.2) is 53.9 Å². The number of carbonyl (C=O) groups excluding carboxylic acids is 1. The summed E-state index contributed by atoms with van der Waals surface area (Å²) in [7, 11) is 0. The molecular weight excluding hydrogens is 342 g/mol. The molecule has 1 aliphatic heterocycles. The second-order valence-electron chi connectivity index (χ2n) is 6.58. The Balaban J connectivity index is 1.53. The maximum Gasteiger partial charge on any atom is 0.246 e. The molecule has 3 aromatic rings. The van der Waals surface area contributed by atoms with Crippen LogP contribution in [0, 0.1) is 6.92 Å². The highest BCUT2D eigenvalue weighted by Gasteiger charge is 2.19. The largest absolute Gasteiger partial charge is 0.333 e. The molecule has 2 aromatic heterocycles. The average Bonchev–Trinajstić information content (AvgIpc) is 3.25. The van der Waals surface area contributed by atoms with Gasteiger partial charge >= 0.3 is 0 Å². The van der Waals surface area contributed by atoms with Crippen molar-refractivity contribution in [3.8, 4) is 11.3 Å². The van der Waals surface area contributed by atoms with Gasteiger partial charge in [-0.2, -0.15) is 5.10 Å². The number of hydrogen-bond donors (Lipinski definition) is 0. The topological polar surface area (TPSA) is 38.1 Å². The first-order chi connectivity index (χ1) is 12.7. The Kier molecular flexibility index (Phi) is 4.71. The van der Waals surface area contributed by atoms with E-state index >= 15 is 0 Å². The summed E-state index contributed by atoms with van der Waals surface area (Å²) in [5.74, 6) is 0.0603. The van der Waals surface area contributed by atoms with Crippen molar-refractivity contribution in [1.82, 2.24) is 14.7 Å². The highest BCUT2D eigenvalue weighted by molar-refractivity contribution is 7.10. The van der Waals surface area contributed by atoms with E-state index in [0.29, 0.717) is 6.54 Å². The molecule has 1 aromatic carbocycles. The molecule has 132 valence electrons. The zero-order chi connectivity index (χ0) is 17.9. The fraction of sp³-hybridized carbons (Fsp3) is 0.238. The first-order valence-electron chi connectivity index (χ1n) is 8.83. The molecule has 3 heterocycles. The van der Waals surface area contributed by atoms with E-state index in [-0.39, 0.29) is 5.91 Å². The Morgan fingerprint density at radius 1 is 1.19 bits per heavy atom. The van der Waals surface area contributed by atoms with Gasteiger partial charge in [0.05, 0.1) is 17.9 Å². The standard InChI is InChI=1S/C21H21N3OS/c1-16-5-2-6-17(13-16)20-14-18-15-23(10-4-11-24(18)22-20)21(25)9-8-19-7-3-12-26-19/h2-3,5-9,12-14H,4,10-11,15H2,1H3/b9-8+. The van der Waals surface area contributed by atoms with Crippen LogP contribution in [0.3, 0.4) is 0 Å². The number of thiophene rings is 1. The molecule has 0 unspecified atom stereocenters. The Hall–Kier alpha value is -2.66. The van der Waals surface area contributed by atoms with Crippen LogP contribution < -0.4 is 0 Å². The van der Waals surface area contributed by atoms with Gasteiger partial charge < -0.3 is 4.90 Å². The predicted octanol–water partition coefficient (Wildman–Crippen LogP) is 4.37. The number of aromatic nitrogens is 2. The fourth-order valence-electron chi connectivity index (χ4n) is 3.24. The lowest BCUT2D eigenvalue weighted by Crippen LogP contribution is -2.29. The van der Waals surface area contributed by atoms with Crippen LogP contribution in [0.25, 0.3) is 17.3 Å². The highest BCUT2D eigenvalue weighted by atomic mass is 32.1. The van der Waals surface area contributed by atoms with Crippen molar-refractivity contribution in [2.75, 3.05) is 6.54 Å². The van der Waals surface area contributed by atoms with E-state index in [1.165, 1.54) is 5.56 Å². The third kappa shape index (κ3) is 3.63. The van der Waals surface area contributed by atoms with E-state index in [2.05, 4.69) is 37.3 Å². The zero-order valence-electron chi connectivity index (χ0n) is 14.8. The summed E-state index contributed by atoms with van der Waals surface area (Å²) in [6, 6.07) is 14.5. The van der Waals surface area contributed by atoms with Crippen LogP contribution in [-0.2, 0) is 17.9 Å². The average molecular weight is 363 g/mol. The molecule has 0 bridgehead atoms. The summed E-state index contributed by atoms with van der Waals surface area (Å²) in [6.07, 6.45) is 4.49. The monoisotopic (exact) mass is 363 g/mol. The molecule has 5 heteroatoms. The molecule has 1 amide bonds. The molecule has 26 heavy (non-hydrogen) atoms. The molecule has 1 aliphatic rings. The fourth-order valence-corrected chi connectivity index (χ4v) is 3.86. The van der Waals surface area contributed by atoms with Gasteiger partial charge in [-0.15, -0.1) is 11.3 Å². The molecule has 0 N–H and O–H groups in total. The van der Waals surface area contributed by atoms with Gasteiger partial charge in [0.2, 0.25) is 5.91 Å². The minimum Gasteiger partial charge on any atom is -0.333 e. The van der Waals surface area contributed by atoms with Gasteiger partial charge in [0.25, 0.3) is 0 Å². The van der Waals surface area contributed by atoms with Gasteiger partial charge in [-0.3, -0.25) is 9.48 Å². The third-order valence-corrected chi connectivity index (χ3v) is 5.41. The van der Waals surface area contributed by atoms with Gasteiger partial charge in [0.15, 0.2) is 0 Å². The summed E-state index contributed by atoms with van der Waals surface area (Å²) in [6.45, 7) is 4.30. The van der Waals surface area contributed by atoms with E-state index in [4.69, 9.17) is 5.10 Å². The minimum absolute atomic E-state index is 0.0603. The summed E-state index contributed by atoms with van der Waals surface area (Å²) >= 11 is 1.63. The van der Waals surface area contributed by atoms with Gasteiger partial charge in [0.1, 0.15) is 0 Å². The molecule has 0 spiro atoms. The van der Waals surface area contributed by atoms with Gasteiger partial charge in [-0.25, -0.2) is 0 Å². The van der Waals surface area contributed by atoms with Gasteiger partial charge in [0, 0.05) is 29.6 Å². The van der Waals surface area contributed by atoms with E-state index in [0.717, 1.165) is 41.3 Å². The Morgan fingerprint density at radius 2 is 2.12 bits per heavy atom. The zero-order valence-corrected chi connectivity index (χ0v) is 15.6. The van der Waals surface area contributed by atoms with Crippen molar-refractivity contribution in [3.05, 3.63) is 70.1 Å². The predicted molar refractivity (Wildman–Crippen MR) is 106 cm³/mol. The molecule has 0 aliphatic carbocycles. The third-order valence-electron chi connectivity index (χ3n) is 4.57. The number of hydrogen-bond acceptors (Lipinski definition) is 3. The van der Waals surface area contributed by atoms with Crippen LogP contribution >= 0.6 is 11.3 Å². The molecule has 4 nitrogen and oxygen atoms in total. The molecule has 0 fully saturated rings. The summed E-state index contributed by atoms with van der Waals surface area (Å²) in [4.78, 5) is 15.6. The first-order valence-corrected chi connectivity index (χ1v) is 9.71. The van der Waals surface area contributed by atoms with Crippen molar-refractivity contribution >= 4 is 23.3 Å². The number of benzene rings is 1. The normalized spacial score (nSPS) is 14.4. The molecular formula is C21H21N3OS. The molecule has 4 rings (SSSR count). The number of rotatable bonds is 3. The van der Waals surface area contributed by atoms with Crippen LogP contribution in [0.5, 0.6) is 0 Å². The van der Waals surface area contributed by atoms with E-state index < -0.39 is 0 Å². The van der Waals surface area contributed by atoms with Gasteiger partial charge in [-0.1, -0.05) is 29.8 Å². The summed E-state index contributed by atoms with van der Waals surface area (Å²) in [5.41, 5.74) is 4.42. The van der Waals surface area contributed by atoms with Crippen LogP contribution in [0.4, 0.5) is 0 Å². The maximum atomic E-state index is 12.6. The van der Waals surface area contributed by atoms with E-state index in [1.54, 1.807) is 17.4 Å². The quantitative estimate of drug-likeness (QED) is 0.648. The lowest BCUT2D eigenvalue weighted by molar-refractivity contribution is -0.126. The molecule has 0 radical (unpaired) electrons. The van der Waals surface area contributed by atoms with Crippen molar-refractivity contribution in [2.24, 2.45) is 0 Å². The van der Waals surface area contributed by atoms with Crippen molar-refractivity contribution < 1.29 is 4.79 Å². The molecule has 0 atom stereocenters. The first kappa shape index (κ1) is 16.8. The van der Waals surface area contributed by atoms with Crippen molar-refractivity contribution in [3.63, 3.8) is 0 Å². The molecule has 0 saturated heterocycles. The van der Waals surface area contributed by atoms with E-state index in [9.17, 15) is 4.79 Å². The number of aryl methyl sites for hydroxylation is 2. The Morgan fingerprint density at radius 3 is 2.92 bits per heavy atom. The Labute approximate surface area is 157 Å². The second kappa shape index (κ2) is 7.30.